The van der Waals surface area contributed by atoms with Crippen LogP contribution >= 0.6 is 11.8 Å². The molecule has 0 unspecified atom stereocenters. The lowest BCUT2D eigenvalue weighted by molar-refractivity contribution is 0.584. The van der Waals surface area contributed by atoms with Crippen LogP contribution in [-0.2, 0) is 10.0 Å². The van der Waals surface area contributed by atoms with Gasteiger partial charge in [0.05, 0.1) is 16.5 Å². The van der Waals surface area contributed by atoms with E-state index in [1.165, 1.54) is 17.7 Å². The number of rotatable bonds is 6. The Labute approximate surface area is 135 Å². The second-order valence-electron chi connectivity index (χ2n) is 4.70. The number of thioether (sulfide) groups is 1. The number of hydrogen-bond donors (Lipinski definition) is 1. The number of nitriles is 1. The summed E-state index contributed by atoms with van der Waals surface area (Å²) in [6, 6.07) is 16.0. The Kier molecular flexibility index (Phi) is 5.61. The molecule has 0 atom stereocenters. The van der Waals surface area contributed by atoms with Gasteiger partial charge in [-0.2, -0.15) is 5.26 Å². The fourth-order valence-corrected chi connectivity index (χ4v) is 3.77. The molecule has 0 spiro atoms. The molecule has 0 bridgehead atoms. The van der Waals surface area contributed by atoms with Crippen LogP contribution < -0.4 is 4.72 Å². The minimum Gasteiger partial charge on any atom is -0.210 e. The number of benzene rings is 2. The third-order valence-corrected chi connectivity index (χ3v) is 5.43. The van der Waals surface area contributed by atoms with E-state index in [-0.39, 0.29) is 4.90 Å². The SMILES string of the molecule is Cc1ccc(SCCNS(=O)(=O)c2cccc(C#N)c2)cc1. The molecule has 0 heterocycles. The van der Waals surface area contributed by atoms with Crippen LogP contribution in [0.25, 0.3) is 0 Å². The molecule has 0 aliphatic rings. The highest BCUT2D eigenvalue weighted by molar-refractivity contribution is 7.99. The maximum atomic E-state index is 12.1. The average molecular weight is 332 g/mol. The molecule has 1 N–H and O–H groups in total. The molecule has 0 aliphatic carbocycles. The molecule has 0 saturated carbocycles. The maximum Gasteiger partial charge on any atom is 0.240 e. The van der Waals surface area contributed by atoms with Gasteiger partial charge in [0.1, 0.15) is 0 Å². The van der Waals surface area contributed by atoms with Gasteiger partial charge < -0.3 is 0 Å². The van der Waals surface area contributed by atoms with Crippen molar-refractivity contribution >= 4 is 21.8 Å². The molecule has 2 rings (SSSR count). The largest absolute Gasteiger partial charge is 0.240 e. The quantitative estimate of drug-likeness (QED) is 0.652. The zero-order valence-corrected chi connectivity index (χ0v) is 13.7. The first-order chi connectivity index (χ1) is 10.5. The second-order valence-corrected chi connectivity index (χ2v) is 7.63. The summed E-state index contributed by atoms with van der Waals surface area (Å²) in [5.74, 6) is 0.639. The molecule has 22 heavy (non-hydrogen) atoms. The fourth-order valence-electron chi connectivity index (χ4n) is 1.80. The van der Waals surface area contributed by atoms with Crippen molar-refractivity contribution in [3.05, 3.63) is 59.7 Å². The summed E-state index contributed by atoms with van der Waals surface area (Å²) < 4.78 is 26.8. The van der Waals surface area contributed by atoms with Gasteiger partial charge in [-0.15, -0.1) is 11.8 Å². The normalized spacial score (nSPS) is 11.1. The summed E-state index contributed by atoms with van der Waals surface area (Å²) in [5, 5.41) is 8.82. The van der Waals surface area contributed by atoms with Crippen molar-refractivity contribution in [2.24, 2.45) is 0 Å². The second kappa shape index (κ2) is 7.45. The summed E-state index contributed by atoms with van der Waals surface area (Å²) in [6.07, 6.45) is 0. The Hall–Kier alpha value is -1.81. The van der Waals surface area contributed by atoms with Crippen LogP contribution in [0.1, 0.15) is 11.1 Å². The minimum atomic E-state index is -3.57. The topological polar surface area (TPSA) is 70.0 Å². The van der Waals surface area contributed by atoms with Crippen LogP contribution in [0.2, 0.25) is 0 Å². The zero-order valence-electron chi connectivity index (χ0n) is 12.1. The first-order valence-electron chi connectivity index (χ1n) is 6.70. The van der Waals surface area contributed by atoms with E-state index in [0.717, 1.165) is 4.90 Å². The van der Waals surface area contributed by atoms with Crippen LogP contribution in [0.4, 0.5) is 0 Å². The molecule has 6 heteroatoms. The molecular weight excluding hydrogens is 316 g/mol. The molecule has 0 aromatic heterocycles. The van der Waals surface area contributed by atoms with Crippen LogP contribution in [-0.4, -0.2) is 20.7 Å². The van der Waals surface area contributed by atoms with Crippen molar-refractivity contribution in [2.45, 2.75) is 16.7 Å². The smallest absolute Gasteiger partial charge is 0.210 e. The van der Waals surface area contributed by atoms with Crippen molar-refractivity contribution in [3.63, 3.8) is 0 Å². The Morgan fingerprint density at radius 3 is 2.59 bits per heavy atom. The van der Waals surface area contributed by atoms with E-state index in [4.69, 9.17) is 5.26 Å². The number of aryl methyl sites for hydroxylation is 1. The third kappa shape index (κ3) is 4.60. The number of sulfonamides is 1. The monoisotopic (exact) mass is 332 g/mol. The van der Waals surface area contributed by atoms with E-state index in [0.29, 0.717) is 17.9 Å². The van der Waals surface area contributed by atoms with E-state index in [1.54, 1.807) is 23.9 Å². The Balaban J connectivity index is 1.90. The lowest BCUT2D eigenvalue weighted by atomic mass is 10.2. The fraction of sp³-hybridized carbons (Fsp3) is 0.188. The van der Waals surface area contributed by atoms with E-state index >= 15 is 0 Å². The van der Waals surface area contributed by atoms with Crippen molar-refractivity contribution < 1.29 is 8.42 Å². The van der Waals surface area contributed by atoms with Crippen molar-refractivity contribution in [2.75, 3.05) is 12.3 Å². The van der Waals surface area contributed by atoms with Crippen LogP contribution in [0.3, 0.4) is 0 Å². The number of nitrogens with zero attached hydrogens (tertiary/aromatic N) is 1. The van der Waals surface area contributed by atoms with Crippen molar-refractivity contribution in [1.82, 2.24) is 4.72 Å². The highest BCUT2D eigenvalue weighted by atomic mass is 32.2. The summed E-state index contributed by atoms with van der Waals surface area (Å²) >= 11 is 1.59. The highest BCUT2D eigenvalue weighted by Crippen LogP contribution is 2.18. The van der Waals surface area contributed by atoms with E-state index in [1.807, 2.05) is 37.3 Å². The standard InChI is InChI=1S/C16H16N2O2S2/c1-13-5-7-15(8-6-13)21-10-9-18-22(19,20)16-4-2-3-14(11-16)12-17/h2-8,11,18H,9-10H2,1H3. The molecule has 0 aliphatic heterocycles. The molecule has 0 amide bonds. The summed E-state index contributed by atoms with van der Waals surface area (Å²) in [4.78, 5) is 1.23. The van der Waals surface area contributed by atoms with Crippen molar-refractivity contribution in [1.29, 1.82) is 5.26 Å². The maximum absolute atomic E-state index is 12.1. The van der Waals surface area contributed by atoms with Gasteiger partial charge >= 0.3 is 0 Å². The predicted molar refractivity (Wildman–Crippen MR) is 88.2 cm³/mol. The minimum absolute atomic E-state index is 0.117. The first kappa shape index (κ1) is 16.6. The zero-order chi connectivity index (χ0) is 16.0. The molecule has 0 saturated heterocycles. The summed E-state index contributed by atoms with van der Waals surface area (Å²) in [7, 11) is -3.57. The lowest BCUT2D eigenvalue weighted by Crippen LogP contribution is -2.26. The summed E-state index contributed by atoms with van der Waals surface area (Å²) in [5.41, 5.74) is 1.53. The van der Waals surface area contributed by atoms with Gasteiger partial charge in [-0.1, -0.05) is 23.8 Å². The van der Waals surface area contributed by atoms with Gasteiger partial charge in [0.2, 0.25) is 10.0 Å². The van der Waals surface area contributed by atoms with Crippen LogP contribution in [0.5, 0.6) is 0 Å². The van der Waals surface area contributed by atoms with Crippen molar-refractivity contribution in [3.8, 4) is 6.07 Å². The predicted octanol–water partition coefficient (Wildman–Crippen LogP) is 2.94. The Morgan fingerprint density at radius 2 is 1.91 bits per heavy atom. The van der Waals surface area contributed by atoms with Gasteiger partial charge in [0.15, 0.2) is 0 Å². The first-order valence-corrected chi connectivity index (χ1v) is 9.17. The third-order valence-electron chi connectivity index (χ3n) is 2.96. The summed E-state index contributed by atoms with van der Waals surface area (Å²) in [6.45, 7) is 2.36. The van der Waals surface area contributed by atoms with Gasteiger partial charge in [0, 0.05) is 17.2 Å². The number of hydrogen-bond acceptors (Lipinski definition) is 4. The van der Waals surface area contributed by atoms with E-state index in [9.17, 15) is 8.42 Å². The van der Waals surface area contributed by atoms with E-state index < -0.39 is 10.0 Å². The molecule has 0 radical (unpaired) electrons. The average Bonchev–Trinajstić information content (AvgIpc) is 2.53. The van der Waals surface area contributed by atoms with Gasteiger partial charge in [0.25, 0.3) is 0 Å². The molecule has 2 aromatic carbocycles. The lowest BCUT2D eigenvalue weighted by Gasteiger charge is -2.07. The number of nitrogens with one attached hydrogen (secondary N) is 1. The molecular formula is C16H16N2O2S2. The van der Waals surface area contributed by atoms with E-state index in [2.05, 4.69) is 4.72 Å². The highest BCUT2D eigenvalue weighted by Gasteiger charge is 2.13. The molecule has 114 valence electrons. The Bertz CT molecular complexity index is 779. The molecule has 4 nitrogen and oxygen atoms in total. The Morgan fingerprint density at radius 1 is 1.18 bits per heavy atom. The molecule has 2 aromatic rings. The van der Waals surface area contributed by atoms with Crippen LogP contribution in [0.15, 0.2) is 58.3 Å². The van der Waals surface area contributed by atoms with Crippen LogP contribution in [0, 0.1) is 18.3 Å². The van der Waals surface area contributed by atoms with Gasteiger partial charge in [-0.25, -0.2) is 13.1 Å². The molecule has 0 fully saturated rings. The van der Waals surface area contributed by atoms with Gasteiger partial charge in [-0.3, -0.25) is 0 Å². The van der Waals surface area contributed by atoms with Gasteiger partial charge in [-0.05, 0) is 37.3 Å².